The fourth-order valence-corrected chi connectivity index (χ4v) is 2.19. The highest BCUT2D eigenvalue weighted by molar-refractivity contribution is 5.78. The fourth-order valence-electron chi connectivity index (χ4n) is 2.19. The molecule has 0 spiro atoms. The number of hydrogen-bond donors (Lipinski definition) is 3. The van der Waals surface area contributed by atoms with Gasteiger partial charge < -0.3 is 15.3 Å². The molecule has 0 bridgehead atoms. The van der Waals surface area contributed by atoms with Crippen LogP contribution in [0.3, 0.4) is 0 Å². The molecule has 2 rings (SSSR count). The van der Waals surface area contributed by atoms with Crippen molar-refractivity contribution in [3.05, 3.63) is 41.5 Å². The van der Waals surface area contributed by atoms with Gasteiger partial charge in [-0.2, -0.15) is 0 Å². The summed E-state index contributed by atoms with van der Waals surface area (Å²) in [4.78, 5) is 0. The standard InChI is InChI=1S/C16H18O3/c1-3-10-5-6-11(4-2)13(9-10)12-7-8-14(17)16(19)15(12)18/h5-9,17-19H,3-4H2,1-2H3. The summed E-state index contributed by atoms with van der Waals surface area (Å²) in [6.07, 6.45) is 1.74. The van der Waals surface area contributed by atoms with Crippen molar-refractivity contribution in [2.45, 2.75) is 26.7 Å². The lowest BCUT2D eigenvalue weighted by Crippen LogP contribution is -1.91. The number of benzene rings is 2. The number of aryl methyl sites for hydroxylation is 2. The van der Waals surface area contributed by atoms with Crippen LogP contribution in [0.2, 0.25) is 0 Å². The van der Waals surface area contributed by atoms with Gasteiger partial charge in [0.15, 0.2) is 11.5 Å². The van der Waals surface area contributed by atoms with E-state index in [4.69, 9.17) is 0 Å². The molecule has 0 radical (unpaired) electrons. The average molecular weight is 258 g/mol. The van der Waals surface area contributed by atoms with Crippen molar-refractivity contribution >= 4 is 0 Å². The molecule has 0 atom stereocenters. The highest BCUT2D eigenvalue weighted by Crippen LogP contribution is 2.43. The quantitative estimate of drug-likeness (QED) is 0.737. The first kappa shape index (κ1) is 13.3. The van der Waals surface area contributed by atoms with E-state index in [0.29, 0.717) is 5.56 Å². The van der Waals surface area contributed by atoms with E-state index in [-0.39, 0.29) is 11.5 Å². The smallest absolute Gasteiger partial charge is 0.200 e. The van der Waals surface area contributed by atoms with Crippen molar-refractivity contribution in [1.82, 2.24) is 0 Å². The van der Waals surface area contributed by atoms with E-state index in [9.17, 15) is 15.3 Å². The van der Waals surface area contributed by atoms with Gasteiger partial charge in [-0.1, -0.05) is 32.0 Å². The fraction of sp³-hybridized carbons (Fsp3) is 0.250. The Bertz CT molecular complexity index is 603. The molecule has 0 unspecified atom stereocenters. The minimum absolute atomic E-state index is 0.275. The molecular weight excluding hydrogens is 240 g/mol. The zero-order valence-corrected chi connectivity index (χ0v) is 11.1. The second kappa shape index (κ2) is 5.22. The minimum atomic E-state index is -0.471. The summed E-state index contributed by atoms with van der Waals surface area (Å²) in [5.41, 5.74) is 3.70. The van der Waals surface area contributed by atoms with E-state index in [0.717, 1.165) is 24.0 Å². The van der Waals surface area contributed by atoms with Crippen molar-refractivity contribution in [3.63, 3.8) is 0 Å². The largest absolute Gasteiger partial charge is 0.504 e. The summed E-state index contributed by atoms with van der Waals surface area (Å²) < 4.78 is 0. The molecule has 3 N–H and O–H groups in total. The Morgan fingerprint density at radius 3 is 2.16 bits per heavy atom. The van der Waals surface area contributed by atoms with Gasteiger partial charge in [-0.25, -0.2) is 0 Å². The molecule has 3 nitrogen and oxygen atoms in total. The van der Waals surface area contributed by atoms with E-state index in [1.807, 2.05) is 19.1 Å². The van der Waals surface area contributed by atoms with Crippen molar-refractivity contribution < 1.29 is 15.3 Å². The van der Waals surface area contributed by atoms with Crippen LogP contribution in [0.4, 0.5) is 0 Å². The van der Waals surface area contributed by atoms with Crippen LogP contribution in [-0.2, 0) is 12.8 Å². The molecule has 0 aliphatic rings. The van der Waals surface area contributed by atoms with E-state index < -0.39 is 5.75 Å². The van der Waals surface area contributed by atoms with Crippen molar-refractivity contribution in [3.8, 4) is 28.4 Å². The maximum Gasteiger partial charge on any atom is 0.200 e. The molecule has 2 aromatic carbocycles. The van der Waals surface area contributed by atoms with Gasteiger partial charge in [0.25, 0.3) is 0 Å². The summed E-state index contributed by atoms with van der Waals surface area (Å²) >= 11 is 0. The van der Waals surface area contributed by atoms with Gasteiger partial charge in [0.2, 0.25) is 5.75 Å². The average Bonchev–Trinajstić information content (AvgIpc) is 2.44. The zero-order chi connectivity index (χ0) is 14.0. The van der Waals surface area contributed by atoms with Crippen LogP contribution in [0.15, 0.2) is 30.3 Å². The molecule has 0 saturated heterocycles. The molecule has 100 valence electrons. The van der Waals surface area contributed by atoms with Crippen LogP contribution in [-0.4, -0.2) is 15.3 Å². The van der Waals surface area contributed by atoms with Gasteiger partial charge in [0, 0.05) is 5.56 Å². The maximum absolute atomic E-state index is 10.0. The molecule has 0 aliphatic carbocycles. The molecule has 0 aliphatic heterocycles. The summed E-state index contributed by atoms with van der Waals surface area (Å²) in [6.45, 7) is 4.11. The Balaban J connectivity index is 2.67. The van der Waals surface area contributed by atoms with Gasteiger partial charge in [0.1, 0.15) is 0 Å². The van der Waals surface area contributed by atoms with Crippen LogP contribution in [0, 0.1) is 0 Å². The molecule has 0 aromatic heterocycles. The molecular formula is C16H18O3. The van der Waals surface area contributed by atoms with Crippen molar-refractivity contribution in [2.24, 2.45) is 0 Å². The van der Waals surface area contributed by atoms with Gasteiger partial charge in [-0.05, 0) is 41.7 Å². The van der Waals surface area contributed by atoms with Gasteiger partial charge in [0.05, 0.1) is 0 Å². The Morgan fingerprint density at radius 1 is 0.789 bits per heavy atom. The van der Waals surface area contributed by atoms with Gasteiger partial charge in [-0.3, -0.25) is 0 Å². The molecule has 0 amide bonds. The van der Waals surface area contributed by atoms with Gasteiger partial charge >= 0.3 is 0 Å². The summed E-state index contributed by atoms with van der Waals surface area (Å²) in [7, 11) is 0. The Kier molecular flexibility index (Phi) is 3.65. The zero-order valence-electron chi connectivity index (χ0n) is 11.1. The lowest BCUT2D eigenvalue weighted by molar-refractivity contribution is 0.369. The molecule has 0 fully saturated rings. The van der Waals surface area contributed by atoms with Crippen molar-refractivity contribution in [2.75, 3.05) is 0 Å². The number of rotatable bonds is 3. The number of aromatic hydroxyl groups is 3. The van der Waals surface area contributed by atoms with Gasteiger partial charge in [-0.15, -0.1) is 0 Å². The highest BCUT2D eigenvalue weighted by atomic mass is 16.3. The first-order valence-corrected chi connectivity index (χ1v) is 6.44. The van der Waals surface area contributed by atoms with E-state index in [1.165, 1.54) is 11.6 Å². The highest BCUT2D eigenvalue weighted by Gasteiger charge is 2.15. The SMILES string of the molecule is CCc1ccc(CC)c(-c2ccc(O)c(O)c2O)c1. The van der Waals surface area contributed by atoms with Crippen LogP contribution in [0.5, 0.6) is 17.2 Å². The van der Waals surface area contributed by atoms with Crippen LogP contribution < -0.4 is 0 Å². The lowest BCUT2D eigenvalue weighted by atomic mass is 9.94. The second-order valence-electron chi connectivity index (χ2n) is 4.53. The third-order valence-corrected chi connectivity index (χ3v) is 3.38. The Labute approximate surface area is 112 Å². The number of phenolic OH excluding ortho intramolecular Hbond substituents is 3. The molecule has 2 aromatic rings. The lowest BCUT2D eigenvalue weighted by Gasteiger charge is -2.13. The van der Waals surface area contributed by atoms with E-state index in [2.05, 4.69) is 13.0 Å². The third-order valence-electron chi connectivity index (χ3n) is 3.38. The topological polar surface area (TPSA) is 60.7 Å². The summed E-state index contributed by atoms with van der Waals surface area (Å²) in [6, 6.07) is 9.14. The Hall–Kier alpha value is -2.16. The normalized spacial score (nSPS) is 10.6. The monoisotopic (exact) mass is 258 g/mol. The predicted molar refractivity (Wildman–Crippen MR) is 75.6 cm³/mol. The van der Waals surface area contributed by atoms with Crippen molar-refractivity contribution in [1.29, 1.82) is 0 Å². The van der Waals surface area contributed by atoms with E-state index >= 15 is 0 Å². The third kappa shape index (κ3) is 2.36. The first-order chi connectivity index (χ1) is 9.08. The second-order valence-corrected chi connectivity index (χ2v) is 4.53. The van der Waals surface area contributed by atoms with E-state index in [1.54, 1.807) is 6.07 Å². The number of phenols is 3. The predicted octanol–water partition coefficient (Wildman–Crippen LogP) is 3.60. The molecule has 19 heavy (non-hydrogen) atoms. The first-order valence-electron chi connectivity index (χ1n) is 6.44. The maximum atomic E-state index is 10.0. The molecule has 0 saturated carbocycles. The number of hydrogen-bond acceptors (Lipinski definition) is 3. The summed E-state index contributed by atoms with van der Waals surface area (Å²) in [5, 5.41) is 29.0. The Morgan fingerprint density at radius 2 is 1.53 bits per heavy atom. The molecule has 3 heteroatoms. The summed E-state index contributed by atoms with van der Waals surface area (Å²) in [5.74, 6) is -1.06. The minimum Gasteiger partial charge on any atom is -0.504 e. The van der Waals surface area contributed by atoms with Crippen LogP contribution in [0.25, 0.3) is 11.1 Å². The van der Waals surface area contributed by atoms with Crippen LogP contribution in [0.1, 0.15) is 25.0 Å². The molecule has 0 heterocycles. The van der Waals surface area contributed by atoms with Crippen LogP contribution >= 0.6 is 0 Å².